The van der Waals surface area contributed by atoms with E-state index in [0.717, 1.165) is 16.3 Å². The van der Waals surface area contributed by atoms with E-state index in [1.165, 1.54) is 21.3 Å². The van der Waals surface area contributed by atoms with Crippen molar-refractivity contribution in [2.45, 2.75) is 31.1 Å². The molecular formula is C37H38N4O7S. The van der Waals surface area contributed by atoms with Gasteiger partial charge in [0.05, 0.1) is 38.3 Å². The minimum atomic E-state index is -1.34. The second-order valence-corrected chi connectivity index (χ2v) is 13.4. The highest BCUT2D eigenvalue weighted by molar-refractivity contribution is 7.90. The fourth-order valence-corrected chi connectivity index (χ4v) is 5.89. The second-order valence-electron chi connectivity index (χ2n) is 12.0. The van der Waals surface area contributed by atoms with Crippen molar-refractivity contribution < 1.29 is 33.1 Å². The number of benzene rings is 4. The Labute approximate surface area is 288 Å². The van der Waals surface area contributed by atoms with Crippen LogP contribution in [0.4, 0.5) is 27.7 Å². The van der Waals surface area contributed by atoms with Gasteiger partial charge in [-0.3, -0.25) is 0 Å². The molecule has 1 aromatic heterocycles. The summed E-state index contributed by atoms with van der Waals surface area (Å²) in [6.45, 7) is 6.13. The van der Waals surface area contributed by atoms with Gasteiger partial charge in [0.2, 0.25) is 0 Å². The molecule has 2 amide bonds. The molecule has 254 valence electrons. The number of nitrogens with zero attached hydrogens (tertiary/aromatic N) is 1. The van der Waals surface area contributed by atoms with E-state index < -0.39 is 23.2 Å². The van der Waals surface area contributed by atoms with Gasteiger partial charge in [-0.15, -0.1) is 0 Å². The van der Waals surface area contributed by atoms with Gasteiger partial charge in [-0.25, -0.2) is 14.6 Å². The van der Waals surface area contributed by atoms with Gasteiger partial charge in [0.25, 0.3) is 0 Å². The van der Waals surface area contributed by atoms with Crippen LogP contribution in [0.2, 0.25) is 0 Å². The number of urea groups is 1. The third kappa shape index (κ3) is 8.16. The largest absolute Gasteiger partial charge is 0.612 e. The first kappa shape index (κ1) is 34.9. The van der Waals surface area contributed by atoms with Crippen LogP contribution in [0, 0.1) is 0 Å². The molecule has 0 aliphatic rings. The Hall–Kier alpha value is -5.46. The lowest BCUT2D eigenvalue weighted by Gasteiger charge is -2.23. The molecule has 0 bridgehead atoms. The Bertz CT molecular complexity index is 2010. The Morgan fingerprint density at radius 3 is 2.22 bits per heavy atom. The summed E-state index contributed by atoms with van der Waals surface area (Å²) in [5.74, 6) is 1.87. The first-order valence-corrected chi connectivity index (χ1v) is 16.8. The summed E-state index contributed by atoms with van der Waals surface area (Å²) in [4.78, 5) is 30.4. The van der Waals surface area contributed by atoms with Crippen molar-refractivity contribution in [2.75, 3.05) is 43.5 Å². The minimum Gasteiger partial charge on any atom is -0.612 e. The third-order valence-corrected chi connectivity index (χ3v) is 8.53. The molecule has 1 heterocycles. The monoisotopic (exact) mass is 682 g/mol. The van der Waals surface area contributed by atoms with Crippen molar-refractivity contribution in [3.8, 4) is 23.0 Å². The van der Waals surface area contributed by atoms with Crippen LogP contribution >= 0.6 is 0 Å². The summed E-state index contributed by atoms with van der Waals surface area (Å²) < 4.78 is 34.7. The van der Waals surface area contributed by atoms with Gasteiger partial charge in [0, 0.05) is 40.9 Å². The van der Waals surface area contributed by atoms with Crippen molar-refractivity contribution in [3.63, 3.8) is 0 Å². The Morgan fingerprint density at radius 1 is 0.816 bits per heavy atom. The standard InChI is InChI=1S/C37H38N4O7S/c1-37(2,3)23-18-30(34(46-5)32(19-23)49(7)44)41-36(43)40-29-12-13-31(28-11-9-8-10-27(28)29)48-25-14-15-38-33(21-25)39-24-16-22(35(42)47-6)17-26(20-24)45-4/h8-21H,1-7H3,(H,38,39)(H2,40,41,43). The van der Waals surface area contributed by atoms with E-state index in [1.807, 2.05) is 57.2 Å². The maximum absolute atomic E-state index is 13.4. The average Bonchev–Trinajstić information content (AvgIpc) is 3.08. The number of rotatable bonds is 10. The van der Waals surface area contributed by atoms with Crippen LogP contribution in [0.1, 0.15) is 36.7 Å². The van der Waals surface area contributed by atoms with Gasteiger partial charge in [0.15, 0.2) is 10.6 Å². The van der Waals surface area contributed by atoms with Crippen molar-refractivity contribution >= 4 is 56.8 Å². The molecule has 4 aromatic carbocycles. The number of amides is 2. The highest BCUT2D eigenvalue weighted by atomic mass is 32.2. The topological polar surface area (TPSA) is 143 Å². The number of aromatic nitrogens is 1. The molecule has 12 heteroatoms. The van der Waals surface area contributed by atoms with E-state index in [0.29, 0.717) is 56.3 Å². The molecule has 0 spiro atoms. The Balaban J connectivity index is 1.38. The molecule has 1 atom stereocenters. The summed E-state index contributed by atoms with van der Waals surface area (Å²) in [6, 6.07) is 22.7. The molecule has 0 fully saturated rings. The molecule has 0 aliphatic heterocycles. The minimum absolute atomic E-state index is 0.256. The zero-order valence-electron chi connectivity index (χ0n) is 28.3. The van der Waals surface area contributed by atoms with E-state index in [9.17, 15) is 14.1 Å². The van der Waals surface area contributed by atoms with Gasteiger partial charge in [-0.2, -0.15) is 0 Å². The number of anilines is 4. The number of hydrogen-bond acceptors (Lipinski definition) is 9. The summed E-state index contributed by atoms with van der Waals surface area (Å²) in [7, 11) is 4.31. The number of methoxy groups -OCH3 is 3. The van der Waals surface area contributed by atoms with Crippen LogP contribution < -0.4 is 30.2 Å². The molecule has 0 aliphatic carbocycles. The molecule has 5 rings (SSSR count). The van der Waals surface area contributed by atoms with E-state index in [1.54, 1.807) is 54.9 Å². The first-order chi connectivity index (χ1) is 23.4. The molecule has 11 nitrogen and oxygen atoms in total. The number of pyridine rings is 1. The zero-order chi connectivity index (χ0) is 35.3. The Kier molecular flexibility index (Phi) is 10.5. The second kappa shape index (κ2) is 14.8. The van der Waals surface area contributed by atoms with Gasteiger partial charge in [-0.05, 0) is 58.6 Å². The molecule has 1 unspecified atom stereocenters. The number of nitrogens with one attached hydrogen (secondary N) is 3. The number of hydrogen-bond donors (Lipinski definition) is 3. The highest BCUT2D eigenvalue weighted by Gasteiger charge is 2.25. The van der Waals surface area contributed by atoms with Crippen LogP contribution in [0.25, 0.3) is 10.8 Å². The molecule has 5 aromatic rings. The predicted octanol–water partition coefficient (Wildman–Crippen LogP) is 8.25. The maximum atomic E-state index is 13.4. The van der Waals surface area contributed by atoms with Crippen molar-refractivity contribution in [2.24, 2.45) is 0 Å². The molecule has 0 radical (unpaired) electrons. The van der Waals surface area contributed by atoms with Crippen LogP contribution in [0.5, 0.6) is 23.0 Å². The number of carbonyl (C=O) groups excluding carboxylic acids is 2. The summed E-state index contributed by atoms with van der Waals surface area (Å²) in [5, 5.41) is 10.5. The lowest BCUT2D eigenvalue weighted by molar-refractivity contribution is 0.0600. The number of carbonyl (C=O) groups is 2. The number of esters is 1. The van der Waals surface area contributed by atoms with Gasteiger partial charge in [-0.1, -0.05) is 45.0 Å². The average molecular weight is 683 g/mol. The first-order valence-electron chi connectivity index (χ1n) is 15.2. The van der Waals surface area contributed by atoms with Gasteiger partial charge >= 0.3 is 12.0 Å². The maximum Gasteiger partial charge on any atom is 0.338 e. The van der Waals surface area contributed by atoms with Crippen LogP contribution in [0.3, 0.4) is 0 Å². The van der Waals surface area contributed by atoms with Crippen molar-refractivity contribution in [1.29, 1.82) is 0 Å². The lowest BCUT2D eigenvalue weighted by Crippen LogP contribution is -2.22. The lowest BCUT2D eigenvalue weighted by atomic mass is 9.86. The van der Waals surface area contributed by atoms with Crippen LogP contribution in [-0.4, -0.2) is 49.1 Å². The number of ether oxygens (including phenoxy) is 4. The number of fused-ring (bicyclic) bond motifs is 1. The molecule has 49 heavy (non-hydrogen) atoms. The zero-order valence-corrected chi connectivity index (χ0v) is 29.1. The smallest absolute Gasteiger partial charge is 0.338 e. The fraction of sp³-hybridized carbons (Fsp3) is 0.216. The quantitative estimate of drug-likeness (QED) is 0.0980. The van der Waals surface area contributed by atoms with E-state index in [-0.39, 0.29) is 5.41 Å². The Morgan fingerprint density at radius 2 is 1.55 bits per heavy atom. The van der Waals surface area contributed by atoms with E-state index >= 15 is 0 Å². The molecular weight excluding hydrogens is 644 g/mol. The SMILES string of the molecule is COC(=O)c1cc(Nc2cc(Oc3ccc(NC(=O)Nc4cc(C(C)(C)C)cc([S+](C)[O-])c4OC)c4ccccc34)ccn2)cc(OC)c1. The van der Waals surface area contributed by atoms with Crippen molar-refractivity contribution in [1.82, 2.24) is 4.98 Å². The van der Waals surface area contributed by atoms with Crippen LogP contribution in [-0.2, 0) is 21.3 Å². The fourth-order valence-electron chi connectivity index (χ4n) is 5.14. The summed E-state index contributed by atoms with van der Waals surface area (Å²) in [5.41, 5.74) is 2.52. The summed E-state index contributed by atoms with van der Waals surface area (Å²) >= 11 is -1.34. The molecule has 0 saturated carbocycles. The van der Waals surface area contributed by atoms with Crippen LogP contribution in [0.15, 0.2) is 90.0 Å². The predicted molar refractivity (Wildman–Crippen MR) is 193 cm³/mol. The molecule has 3 N–H and O–H groups in total. The van der Waals surface area contributed by atoms with Crippen molar-refractivity contribution in [3.05, 3.63) is 96.2 Å². The van der Waals surface area contributed by atoms with E-state index in [2.05, 4.69) is 20.9 Å². The van der Waals surface area contributed by atoms with E-state index in [4.69, 9.17) is 18.9 Å². The van der Waals surface area contributed by atoms with Gasteiger partial charge in [0.1, 0.15) is 29.3 Å². The normalized spacial score (nSPS) is 11.8. The molecule has 0 saturated heterocycles. The third-order valence-electron chi connectivity index (χ3n) is 7.61. The summed E-state index contributed by atoms with van der Waals surface area (Å²) in [6.07, 6.45) is 3.18. The van der Waals surface area contributed by atoms with Gasteiger partial charge < -0.3 is 39.5 Å². The highest BCUT2D eigenvalue weighted by Crippen LogP contribution is 2.39.